The predicted octanol–water partition coefficient (Wildman–Crippen LogP) is 2.71. The molecule has 150 valence electrons. The van der Waals surface area contributed by atoms with Gasteiger partial charge in [-0.05, 0) is 42.7 Å². The van der Waals surface area contributed by atoms with Gasteiger partial charge < -0.3 is 9.47 Å². The van der Waals surface area contributed by atoms with Crippen LogP contribution in [0.4, 0.5) is 4.39 Å². The summed E-state index contributed by atoms with van der Waals surface area (Å²) in [6.45, 7) is 0.665. The molecule has 0 bridgehead atoms. The fourth-order valence-electron chi connectivity index (χ4n) is 3.91. The Kier molecular flexibility index (Phi) is 5.15. The third-order valence-corrected chi connectivity index (χ3v) is 5.56. The lowest BCUT2D eigenvalue weighted by atomic mass is 9.74. The summed E-state index contributed by atoms with van der Waals surface area (Å²) in [4.78, 5) is 38.9. The highest BCUT2D eigenvalue weighted by Crippen LogP contribution is 2.36. The number of carbonyl (C=O) groups excluding carboxylic acids is 3. The van der Waals surface area contributed by atoms with Crippen LogP contribution >= 0.6 is 0 Å². The molecule has 0 radical (unpaired) electrons. The Morgan fingerprint density at radius 2 is 1.59 bits per heavy atom. The van der Waals surface area contributed by atoms with Crippen LogP contribution in [0.3, 0.4) is 0 Å². The highest BCUT2D eigenvalue weighted by atomic mass is 19.1. The predicted molar refractivity (Wildman–Crippen MR) is 101 cm³/mol. The van der Waals surface area contributed by atoms with Gasteiger partial charge in [-0.25, -0.2) is 4.39 Å². The first kappa shape index (κ1) is 19.3. The first-order valence-corrected chi connectivity index (χ1v) is 9.49. The van der Waals surface area contributed by atoms with E-state index in [2.05, 4.69) is 0 Å². The van der Waals surface area contributed by atoms with Gasteiger partial charge in [-0.1, -0.05) is 24.3 Å². The zero-order chi connectivity index (χ0) is 20.4. The number of rotatable bonds is 5. The standard InChI is InChI=1S/C22H20FNO5/c23-16-7-5-15(6-8-16)22(9-12-28-13-10-22)21(27)29-14-11-24-19(25)17-3-1-2-4-18(17)20(24)26/h1-8H,9-14H2. The van der Waals surface area contributed by atoms with Gasteiger partial charge in [0.15, 0.2) is 0 Å². The highest BCUT2D eigenvalue weighted by Gasteiger charge is 2.43. The maximum atomic E-state index is 13.3. The number of halogens is 1. The second-order valence-corrected chi connectivity index (χ2v) is 7.14. The SMILES string of the molecule is O=C1c2ccccc2C(=O)N1CCOC(=O)C1(c2ccc(F)cc2)CCOCC1. The maximum absolute atomic E-state index is 13.3. The minimum atomic E-state index is -0.923. The van der Waals surface area contributed by atoms with Crippen molar-refractivity contribution in [2.24, 2.45) is 0 Å². The number of carbonyl (C=O) groups is 3. The van der Waals surface area contributed by atoms with Crippen molar-refractivity contribution >= 4 is 17.8 Å². The van der Waals surface area contributed by atoms with Crippen molar-refractivity contribution in [3.05, 3.63) is 71.0 Å². The number of imide groups is 1. The fraction of sp³-hybridized carbons (Fsp3) is 0.318. The molecular formula is C22H20FNO5. The van der Waals surface area contributed by atoms with Crippen molar-refractivity contribution in [3.8, 4) is 0 Å². The van der Waals surface area contributed by atoms with Crippen molar-refractivity contribution in [3.63, 3.8) is 0 Å². The zero-order valence-electron chi connectivity index (χ0n) is 15.7. The molecule has 0 atom stereocenters. The van der Waals surface area contributed by atoms with Crippen LogP contribution in [0.25, 0.3) is 0 Å². The Morgan fingerprint density at radius 3 is 2.17 bits per heavy atom. The molecule has 4 rings (SSSR count). The number of amides is 2. The van der Waals surface area contributed by atoms with Crippen LogP contribution in [0.1, 0.15) is 39.1 Å². The van der Waals surface area contributed by atoms with Gasteiger partial charge in [-0.3, -0.25) is 19.3 Å². The molecule has 2 heterocycles. The van der Waals surface area contributed by atoms with E-state index in [1.54, 1.807) is 36.4 Å². The van der Waals surface area contributed by atoms with E-state index in [0.717, 1.165) is 4.90 Å². The third kappa shape index (κ3) is 3.42. The normalized spacial score (nSPS) is 17.9. The molecule has 0 N–H and O–H groups in total. The molecule has 29 heavy (non-hydrogen) atoms. The summed E-state index contributed by atoms with van der Waals surface area (Å²) in [6, 6.07) is 12.4. The molecule has 0 aliphatic carbocycles. The van der Waals surface area contributed by atoms with Crippen LogP contribution in [-0.4, -0.2) is 49.0 Å². The van der Waals surface area contributed by atoms with Crippen molar-refractivity contribution < 1.29 is 28.2 Å². The van der Waals surface area contributed by atoms with Crippen molar-refractivity contribution in [2.45, 2.75) is 18.3 Å². The van der Waals surface area contributed by atoms with Crippen molar-refractivity contribution in [1.82, 2.24) is 4.90 Å². The lowest BCUT2D eigenvalue weighted by molar-refractivity contribution is -0.155. The number of fused-ring (bicyclic) bond motifs is 1. The third-order valence-electron chi connectivity index (χ3n) is 5.56. The average Bonchev–Trinajstić information content (AvgIpc) is 2.99. The Hall–Kier alpha value is -3.06. The Morgan fingerprint density at radius 1 is 1.00 bits per heavy atom. The van der Waals surface area contributed by atoms with Gasteiger partial charge in [0.05, 0.1) is 23.1 Å². The van der Waals surface area contributed by atoms with Gasteiger partial charge in [-0.15, -0.1) is 0 Å². The molecule has 2 aromatic rings. The highest BCUT2D eigenvalue weighted by molar-refractivity contribution is 6.21. The molecule has 6 nitrogen and oxygen atoms in total. The second kappa shape index (κ2) is 7.75. The molecule has 2 amide bonds. The summed E-state index contributed by atoms with van der Waals surface area (Å²) in [7, 11) is 0. The van der Waals surface area contributed by atoms with E-state index in [0.29, 0.717) is 42.7 Å². The van der Waals surface area contributed by atoms with Gasteiger partial charge in [-0.2, -0.15) is 0 Å². The van der Waals surface area contributed by atoms with Gasteiger partial charge in [0.2, 0.25) is 0 Å². The van der Waals surface area contributed by atoms with E-state index in [-0.39, 0.29) is 30.8 Å². The molecule has 0 aromatic heterocycles. The molecule has 2 aliphatic heterocycles. The van der Waals surface area contributed by atoms with Crippen LogP contribution in [0.15, 0.2) is 48.5 Å². The Balaban J connectivity index is 1.45. The summed E-state index contributed by atoms with van der Waals surface area (Å²) in [5, 5.41) is 0. The molecular weight excluding hydrogens is 377 g/mol. The zero-order valence-corrected chi connectivity index (χ0v) is 15.7. The van der Waals surface area contributed by atoms with Crippen molar-refractivity contribution in [2.75, 3.05) is 26.4 Å². The molecule has 0 unspecified atom stereocenters. The number of benzene rings is 2. The number of hydrogen-bond donors (Lipinski definition) is 0. The first-order chi connectivity index (χ1) is 14.0. The fourth-order valence-corrected chi connectivity index (χ4v) is 3.91. The van der Waals surface area contributed by atoms with Crippen LogP contribution in [0, 0.1) is 5.82 Å². The monoisotopic (exact) mass is 397 g/mol. The smallest absolute Gasteiger partial charge is 0.316 e. The van der Waals surface area contributed by atoms with E-state index in [9.17, 15) is 18.8 Å². The number of esters is 1. The van der Waals surface area contributed by atoms with Gasteiger partial charge in [0.1, 0.15) is 12.4 Å². The van der Waals surface area contributed by atoms with E-state index < -0.39 is 11.4 Å². The van der Waals surface area contributed by atoms with Crippen LogP contribution < -0.4 is 0 Å². The van der Waals surface area contributed by atoms with Crippen LogP contribution in [0.2, 0.25) is 0 Å². The number of nitrogens with zero attached hydrogens (tertiary/aromatic N) is 1. The summed E-state index contributed by atoms with van der Waals surface area (Å²) in [6.07, 6.45) is 0.842. The average molecular weight is 397 g/mol. The summed E-state index contributed by atoms with van der Waals surface area (Å²) in [5.41, 5.74) is 0.466. The maximum Gasteiger partial charge on any atom is 0.316 e. The lowest BCUT2D eigenvalue weighted by Crippen LogP contribution is -2.43. The quantitative estimate of drug-likeness (QED) is 0.573. The molecule has 2 aromatic carbocycles. The number of hydrogen-bond acceptors (Lipinski definition) is 5. The van der Waals surface area contributed by atoms with E-state index >= 15 is 0 Å². The van der Waals surface area contributed by atoms with E-state index in [4.69, 9.17) is 9.47 Å². The largest absolute Gasteiger partial charge is 0.463 e. The summed E-state index contributed by atoms with van der Waals surface area (Å²) >= 11 is 0. The molecule has 1 saturated heterocycles. The van der Waals surface area contributed by atoms with E-state index in [1.165, 1.54) is 12.1 Å². The van der Waals surface area contributed by atoms with Gasteiger partial charge in [0, 0.05) is 13.2 Å². The minimum absolute atomic E-state index is 0.0198. The molecule has 0 spiro atoms. The van der Waals surface area contributed by atoms with Crippen LogP contribution in [0.5, 0.6) is 0 Å². The van der Waals surface area contributed by atoms with Gasteiger partial charge in [0.25, 0.3) is 11.8 Å². The molecule has 2 aliphatic rings. The Bertz CT molecular complexity index is 915. The minimum Gasteiger partial charge on any atom is -0.463 e. The van der Waals surface area contributed by atoms with E-state index in [1.807, 2.05) is 0 Å². The van der Waals surface area contributed by atoms with Gasteiger partial charge >= 0.3 is 5.97 Å². The topological polar surface area (TPSA) is 72.9 Å². The summed E-state index contributed by atoms with van der Waals surface area (Å²) < 4.78 is 24.2. The van der Waals surface area contributed by atoms with Crippen molar-refractivity contribution in [1.29, 1.82) is 0 Å². The molecule has 7 heteroatoms. The Labute approximate surface area is 167 Å². The summed E-state index contributed by atoms with van der Waals surface area (Å²) in [5.74, 6) is -1.61. The molecule has 0 saturated carbocycles. The molecule has 1 fully saturated rings. The first-order valence-electron chi connectivity index (χ1n) is 9.49. The number of ether oxygens (including phenoxy) is 2. The van der Waals surface area contributed by atoms with Crippen LogP contribution in [-0.2, 0) is 19.7 Å². The lowest BCUT2D eigenvalue weighted by Gasteiger charge is -2.35. The second-order valence-electron chi connectivity index (χ2n) is 7.14.